The number of carbonyl (C=O) groups is 2. The summed E-state index contributed by atoms with van der Waals surface area (Å²) >= 11 is 0. The predicted octanol–water partition coefficient (Wildman–Crippen LogP) is 1.33. The minimum absolute atomic E-state index is 0.104. The van der Waals surface area contributed by atoms with E-state index in [-0.39, 0.29) is 11.5 Å². The highest BCUT2D eigenvalue weighted by Gasteiger charge is 2.51. The third-order valence-corrected chi connectivity index (χ3v) is 5.83. The molecule has 0 aromatic carbocycles. The summed E-state index contributed by atoms with van der Waals surface area (Å²) in [5.74, 6) is -0.543. The number of hydrogen-bond donors (Lipinski definition) is 3. The largest absolute Gasteiger partial charge is 0.478 e. The predicted molar refractivity (Wildman–Crippen MR) is 114 cm³/mol. The van der Waals surface area contributed by atoms with Crippen LogP contribution in [0, 0.1) is 0 Å². The minimum atomic E-state index is -1.02. The lowest BCUT2D eigenvalue weighted by atomic mass is 9.79. The second kappa shape index (κ2) is 7.97. The topological polar surface area (TPSA) is 107 Å². The molecule has 0 bridgehead atoms. The summed E-state index contributed by atoms with van der Waals surface area (Å²) < 4.78 is 0. The van der Waals surface area contributed by atoms with Gasteiger partial charge in [-0.25, -0.2) is 9.78 Å². The van der Waals surface area contributed by atoms with Crippen molar-refractivity contribution in [3.05, 3.63) is 58.6 Å². The Morgan fingerprint density at radius 3 is 2.93 bits per heavy atom. The van der Waals surface area contributed by atoms with E-state index in [1.165, 1.54) is 6.20 Å². The number of amides is 1. The molecular weight excluding hydrogens is 382 g/mol. The van der Waals surface area contributed by atoms with Crippen molar-refractivity contribution in [2.45, 2.75) is 18.3 Å². The van der Waals surface area contributed by atoms with Crippen molar-refractivity contribution in [2.24, 2.45) is 0 Å². The summed E-state index contributed by atoms with van der Waals surface area (Å²) in [7, 11) is 4.00. The third kappa shape index (κ3) is 3.59. The second-order valence-electron chi connectivity index (χ2n) is 7.96. The van der Waals surface area contributed by atoms with E-state index in [1.807, 2.05) is 19.2 Å². The monoisotopic (exact) mass is 407 g/mol. The van der Waals surface area contributed by atoms with Crippen molar-refractivity contribution in [2.75, 3.05) is 39.0 Å². The molecule has 30 heavy (non-hydrogen) atoms. The van der Waals surface area contributed by atoms with Crippen molar-refractivity contribution in [1.29, 1.82) is 0 Å². The molecule has 8 heteroatoms. The number of likely N-dealkylation sites (N-methyl/N-ethyl adjacent to an activating group) is 2. The number of aromatic carboxylic acids is 1. The second-order valence-corrected chi connectivity index (χ2v) is 7.96. The van der Waals surface area contributed by atoms with Crippen LogP contribution < -0.4 is 10.6 Å². The van der Waals surface area contributed by atoms with Gasteiger partial charge < -0.3 is 20.6 Å². The molecule has 3 N–H and O–H groups in total. The molecule has 8 nitrogen and oxygen atoms in total. The molecule has 1 aliphatic carbocycles. The number of nitrogens with zero attached hydrogens (tertiary/aromatic N) is 3. The molecule has 0 saturated heterocycles. The van der Waals surface area contributed by atoms with Crippen LogP contribution in [-0.4, -0.2) is 65.6 Å². The highest BCUT2D eigenvalue weighted by atomic mass is 16.4. The summed E-state index contributed by atoms with van der Waals surface area (Å²) in [6, 6.07) is 3.64. The summed E-state index contributed by atoms with van der Waals surface area (Å²) in [5, 5.41) is 15.3. The molecule has 3 heterocycles. The first-order valence-corrected chi connectivity index (χ1v) is 9.96. The average molecular weight is 407 g/mol. The van der Waals surface area contributed by atoms with Crippen LogP contribution in [-0.2, 0) is 23.1 Å². The van der Waals surface area contributed by atoms with Gasteiger partial charge in [0, 0.05) is 49.7 Å². The molecular formula is C22H25N5O3. The molecule has 0 radical (unpaired) electrons. The fourth-order valence-corrected chi connectivity index (χ4v) is 4.14. The summed E-state index contributed by atoms with van der Waals surface area (Å²) in [5.41, 5.74) is 2.74. The first-order chi connectivity index (χ1) is 14.4. The third-order valence-electron chi connectivity index (χ3n) is 5.83. The molecule has 2 aliphatic rings. The van der Waals surface area contributed by atoms with Gasteiger partial charge in [0.05, 0.1) is 11.0 Å². The van der Waals surface area contributed by atoms with E-state index in [9.17, 15) is 14.7 Å². The first-order valence-electron chi connectivity index (χ1n) is 9.96. The van der Waals surface area contributed by atoms with Crippen LogP contribution in [0.1, 0.15) is 32.7 Å². The quantitative estimate of drug-likeness (QED) is 0.635. The van der Waals surface area contributed by atoms with Gasteiger partial charge in [-0.2, -0.15) is 0 Å². The molecule has 4 rings (SSSR count). The maximum absolute atomic E-state index is 12.9. The molecule has 156 valence electrons. The van der Waals surface area contributed by atoms with Crippen molar-refractivity contribution in [3.63, 3.8) is 0 Å². The van der Waals surface area contributed by atoms with E-state index in [2.05, 4.69) is 38.6 Å². The maximum Gasteiger partial charge on any atom is 0.337 e. The van der Waals surface area contributed by atoms with E-state index in [1.54, 1.807) is 12.3 Å². The first kappa shape index (κ1) is 20.2. The van der Waals surface area contributed by atoms with Crippen LogP contribution in [0.25, 0.3) is 6.08 Å². The Balaban J connectivity index is 1.58. The number of fused-ring (bicyclic) bond motifs is 3. The van der Waals surface area contributed by atoms with Gasteiger partial charge in [-0.3, -0.25) is 9.78 Å². The van der Waals surface area contributed by atoms with E-state index >= 15 is 0 Å². The molecule has 1 spiro atoms. The van der Waals surface area contributed by atoms with E-state index < -0.39 is 11.4 Å². The van der Waals surface area contributed by atoms with Gasteiger partial charge in [0.25, 0.3) is 0 Å². The Labute approximate surface area is 175 Å². The van der Waals surface area contributed by atoms with Crippen LogP contribution in [0.2, 0.25) is 0 Å². The van der Waals surface area contributed by atoms with Gasteiger partial charge in [-0.15, -0.1) is 0 Å². The number of carbonyl (C=O) groups excluding carboxylic acids is 1. The highest BCUT2D eigenvalue weighted by molar-refractivity contribution is 6.06. The van der Waals surface area contributed by atoms with E-state index in [0.717, 1.165) is 42.0 Å². The van der Waals surface area contributed by atoms with Crippen LogP contribution >= 0.6 is 0 Å². The Bertz CT molecular complexity index is 1040. The molecule has 2 aromatic rings. The molecule has 1 amide bonds. The number of pyridine rings is 2. The van der Waals surface area contributed by atoms with Gasteiger partial charge in [0.15, 0.2) is 0 Å². The van der Waals surface area contributed by atoms with Gasteiger partial charge in [-0.1, -0.05) is 12.2 Å². The molecule has 2 aromatic heterocycles. The summed E-state index contributed by atoms with van der Waals surface area (Å²) in [4.78, 5) is 35.2. The number of carboxylic acid groups (broad SMARTS) is 1. The summed E-state index contributed by atoms with van der Waals surface area (Å²) in [6.45, 7) is 2.70. The molecule has 0 fully saturated rings. The average Bonchev–Trinajstić information content (AvgIpc) is 3.24. The van der Waals surface area contributed by atoms with Crippen molar-refractivity contribution >= 4 is 23.8 Å². The lowest BCUT2D eigenvalue weighted by Gasteiger charge is -2.20. The van der Waals surface area contributed by atoms with Gasteiger partial charge in [-0.05, 0) is 43.8 Å². The Morgan fingerprint density at radius 2 is 2.17 bits per heavy atom. The molecule has 0 saturated carbocycles. The molecule has 1 atom stereocenters. The maximum atomic E-state index is 12.9. The number of nitrogens with one attached hydrogen (secondary N) is 2. The van der Waals surface area contributed by atoms with Crippen molar-refractivity contribution in [3.8, 4) is 0 Å². The zero-order valence-corrected chi connectivity index (χ0v) is 17.1. The molecule has 1 aliphatic heterocycles. The fraction of sp³-hybridized carbons (Fsp3) is 0.364. The van der Waals surface area contributed by atoms with E-state index in [0.29, 0.717) is 18.7 Å². The van der Waals surface area contributed by atoms with Crippen LogP contribution in [0.15, 0.2) is 30.6 Å². The smallest absolute Gasteiger partial charge is 0.337 e. The van der Waals surface area contributed by atoms with Crippen molar-refractivity contribution < 1.29 is 14.7 Å². The highest BCUT2D eigenvalue weighted by Crippen LogP contribution is 2.46. The standard InChI is InChI=1S/C22H25N5O3/c1-23-5-7-27(2)6-3-4-14-8-17-19(25-12-14)26-21(30)22(17)10-15-9-16(20(28)29)13-24-18(15)11-22/h3-4,8-9,12-13,23H,5-7,10-11H2,1-2H3,(H,28,29)(H,25,26,30)/b4-3+/t22-/m0/s1. The van der Waals surface area contributed by atoms with Gasteiger partial charge in [0.1, 0.15) is 5.82 Å². The molecule has 0 unspecified atom stereocenters. The Kier molecular flexibility index (Phi) is 5.36. The summed E-state index contributed by atoms with van der Waals surface area (Å²) in [6.07, 6.45) is 8.09. The van der Waals surface area contributed by atoms with Gasteiger partial charge >= 0.3 is 5.97 Å². The van der Waals surface area contributed by atoms with Crippen molar-refractivity contribution in [1.82, 2.24) is 20.2 Å². The Morgan fingerprint density at radius 1 is 1.33 bits per heavy atom. The van der Waals surface area contributed by atoms with Gasteiger partial charge in [0.2, 0.25) is 5.91 Å². The normalized spacial score (nSPS) is 19.5. The fourth-order valence-electron chi connectivity index (χ4n) is 4.14. The van der Waals surface area contributed by atoms with Crippen LogP contribution in [0.4, 0.5) is 5.82 Å². The van der Waals surface area contributed by atoms with E-state index in [4.69, 9.17) is 0 Å². The number of anilines is 1. The number of hydrogen-bond acceptors (Lipinski definition) is 6. The number of aromatic nitrogens is 2. The Hall–Kier alpha value is -3.10. The number of carboxylic acids is 1. The zero-order chi connectivity index (χ0) is 21.3. The SMILES string of the molecule is CNCCN(C)C/C=C/c1cnc2c(c1)[C@@]1(Cc3cc(C(=O)O)cnc3C1)C(=O)N2. The minimum Gasteiger partial charge on any atom is -0.478 e. The van der Waals surface area contributed by atoms with Crippen LogP contribution in [0.5, 0.6) is 0 Å². The lowest BCUT2D eigenvalue weighted by molar-refractivity contribution is -0.120. The van der Waals surface area contributed by atoms with Crippen LogP contribution in [0.3, 0.4) is 0 Å². The zero-order valence-electron chi connectivity index (χ0n) is 17.1. The lowest BCUT2D eigenvalue weighted by Crippen LogP contribution is -2.35. The number of rotatable bonds is 7.